The lowest BCUT2D eigenvalue weighted by molar-refractivity contribution is 0.631. The molecule has 0 atom stereocenters. The van der Waals surface area contributed by atoms with Gasteiger partial charge >= 0.3 is 0 Å². The number of para-hydroxylation sites is 1. The highest BCUT2D eigenvalue weighted by Gasteiger charge is 2.10. The Morgan fingerprint density at radius 3 is 3.00 bits per heavy atom. The number of hydrogen-bond donors (Lipinski definition) is 1. The Balaban J connectivity index is 1.58. The molecule has 0 saturated heterocycles. The van der Waals surface area contributed by atoms with E-state index in [1.807, 2.05) is 29.0 Å². The third kappa shape index (κ3) is 2.73. The number of pyridine rings is 1. The Labute approximate surface area is 136 Å². The number of rotatable bonds is 5. The topological polar surface area (TPSA) is 85.2 Å². The number of hydrogen-bond acceptors (Lipinski definition) is 5. The van der Waals surface area contributed by atoms with Crippen molar-refractivity contribution in [3.63, 3.8) is 0 Å². The summed E-state index contributed by atoms with van der Waals surface area (Å²) in [6.07, 6.45) is 5.16. The van der Waals surface area contributed by atoms with Crippen LogP contribution in [0.3, 0.4) is 0 Å². The highest BCUT2D eigenvalue weighted by molar-refractivity contribution is 5.81. The molecule has 0 bridgehead atoms. The Kier molecular flexibility index (Phi) is 3.70. The van der Waals surface area contributed by atoms with Crippen LogP contribution in [0.2, 0.25) is 0 Å². The Hall–Kier alpha value is -3.16. The third-order valence-corrected chi connectivity index (χ3v) is 3.80. The first-order valence-corrected chi connectivity index (χ1v) is 7.60. The van der Waals surface area contributed by atoms with Gasteiger partial charge in [-0.25, -0.2) is 14.4 Å². The average Bonchev–Trinajstić information content (AvgIpc) is 3.27. The maximum Gasteiger partial charge on any atom is 0.174 e. The van der Waals surface area contributed by atoms with Gasteiger partial charge in [0, 0.05) is 30.7 Å². The number of imidazole rings is 1. The molecule has 4 aromatic rings. The van der Waals surface area contributed by atoms with Crippen LogP contribution in [0, 0.1) is 5.82 Å². The molecule has 0 aliphatic rings. The van der Waals surface area contributed by atoms with Crippen LogP contribution in [0.5, 0.6) is 0 Å². The molecule has 1 N–H and O–H groups in total. The second-order valence-electron chi connectivity index (χ2n) is 5.38. The molecule has 0 aliphatic heterocycles. The van der Waals surface area contributed by atoms with E-state index in [0.29, 0.717) is 29.3 Å². The molecule has 120 valence electrons. The smallest absolute Gasteiger partial charge is 0.174 e. The number of tetrazole rings is 1. The number of aryl methyl sites for hydroxylation is 2. The molecule has 1 aromatic carbocycles. The molecule has 0 aliphatic carbocycles. The van der Waals surface area contributed by atoms with Crippen LogP contribution in [0.25, 0.3) is 22.4 Å². The molecule has 8 heteroatoms. The minimum atomic E-state index is -0.329. The molecular weight excluding hydrogens is 309 g/mol. The number of benzene rings is 1. The normalized spacial score (nSPS) is 11.2. The highest BCUT2D eigenvalue weighted by atomic mass is 19.1. The number of nitrogens with one attached hydrogen (secondary N) is 1. The van der Waals surface area contributed by atoms with E-state index in [-0.39, 0.29) is 5.82 Å². The summed E-state index contributed by atoms with van der Waals surface area (Å²) >= 11 is 0. The maximum absolute atomic E-state index is 14.0. The van der Waals surface area contributed by atoms with Crippen molar-refractivity contribution in [2.24, 2.45) is 0 Å². The van der Waals surface area contributed by atoms with Crippen molar-refractivity contribution in [1.29, 1.82) is 0 Å². The van der Waals surface area contributed by atoms with Crippen LogP contribution in [0.1, 0.15) is 12.2 Å². The summed E-state index contributed by atoms with van der Waals surface area (Å²) < 4.78 is 16.0. The molecule has 3 heterocycles. The SMILES string of the molecule is Fc1cccc2ccc(-c3nccn3CCCc3nn[nH]n3)nc12. The molecule has 0 saturated carbocycles. The van der Waals surface area contributed by atoms with Crippen LogP contribution in [-0.2, 0) is 13.0 Å². The van der Waals surface area contributed by atoms with Crippen LogP contribution >= 0.6 is 0 Å². The number of aromatic nitrogens is 7. The minimum Gasteiger partial charge on any atom is -0.330 e. The molecule has 0 spiro atoms. The quantitative estimate of drug-likeness (QED) is 0.609. The summed E-state index contributed by atoms with van der Waals surface area (Å²) in [7, 11) is 0. The van der Waals surface area contributed by atoms with Gasteiger partial charge in [0.15, 0.2) is 11.6 Å². The van der Waals surface area contributed by atoms with E-state index in [4.69, 9.17) is 0 Å². The van der Waals surface area contributed by atoms with Crippen LogP contribution < -0.4 is 0 Å². The molecule has 0 unspecified atom stereocenters. The molecule has 0 radical (unpaired) electrons. The molecule has 0 fully saturated rings. The van der Waals surface area contributed by atoms with Gasteiger partial charge < -0.3 is 4.57 Å². The van der Waals surface area contributed by atoms with Gasteiger partial charge in [-0.05, 0) is 18.6 Å². The van der Waals surface area contributed by atoms with Crippen molar-refractivity contribution in [3.05, 3.63) is 54.4 Å². The second-order valence-corrected chi connectivity index (χ2v) is 5.38. The zero-order chi connectivity index (χ0) is 16.4. The number of H-pyrrole nitrogens is 1. The van der Waals surface area contributed by atoms with Crippen molar-refractivity contribution in [2.75, 3.05) is 0 Å². The standard InChI is InChI=1S/C16H14FN7/c17-12-4-1-3-11-6-7-13(19-15(11)12)16-18-8-10-24(16)9-2-5-14-20-22-23-21-14/h1,3-4,6-8,10H,2,5,9H2,(H,20,21,22,23). The van der Waals surface area contributed by atoms with Gasteiger partial charge in [-0.2, -0.15) is 5.21 Å². The summed E-state index contributed by atoms with van der Waals surface area (Å²) in [6, 6.07) is 8.65. The molecular formula is C16H14FN7. The van der Waals surface area contributed by atoms with Gasteiger partial charge in [0.1, 0.15) is 17.0 Å². The summed E-state index contributed by atoms with van der Waals surface area (Å²) in [5.74, 6) is 1.07. The van der Waals surface area contributed by atoms with Crippen molar-refractivity contribution < 1.29 is 4.39 Å². The Morgan fingerprint density at radius 1 is 1.17 bits per heavy atom. The summed E-state index contributed by atoms with van der Waals surface area (Å²) in [5, 5.41) is 14.6. The van der Waals surface area contributed by atoms with E-state index in [9.17, 15) is 4.39 Å². The average molecular weight is 323 g/mol. The lowest BCUT2D eigenvalue weighted by Crippen LogP contribution is -2.03. The Bertz CT molecular complexity index is 962. The van der Waals surface area contributed by atoms with E-state index in [1.165, 1.54) is 6.07 Å². The van der Waals surface area contributed by atoms with Crippen molar-refractivity contribution >= 4 is 10.9 Å². The lowest BCUT2D eigenvalue weighted by Gasteiger charge is -2.08. The number of fused-ring (bicyclic) bond motifs is 1. The van der Waals surface area contributed by atoms with Gasteiger partial charge in [-0.3, -0.25) is 0 Å². The zero-order valence-corrected chi connectivity index (χ0v) is 12.7. The number of aromatic amines is 1. The largest absolute Gasteiger partial charge is 0.330 e. The highest BCUT2D eigenvalue weighted by Crippen LogP contribution is 2.21. The second kappa shape index (κ2) is 6.15. The van der Waals surface area contributed by atoms with Gasteiger partial charge in [0.05, 0.1) is 0 Å². The monoisotopic (exact) mass is 323 g/mol. The zero-order valence-electron chi connectivity index (χ0n) is 12.7. The van der Waals surface area contributed by atoms with Gasteiger partial charge in [0.25, 0.3) is 0 Å². The molecule has 3 aromatic heterocycles. The summed E-state index contributed by atoms with van der Waals surface area (Å²) in [4.78, 5) is 8.80. The van der Waals surface area contributed by atoms with Crippen LogP contribution in [-0.4, -0.2) is 35.2 Å². The van der Waals surface area contributed by atoms with Crippen LogP contribution in [0.4, 0.5) is 4.39 Å². The van der Waals surface area contributed by atoms with Gasteiger partial charge in [-0.1, -0.05) is 23.4 Å². The van der Waals surface area contributed by atoms with E-state index in [1.54, 1.807) is 12.3 Å². The molecule has 0 amide bonds. The minimum absolute atomic E-state index is 0.329. The van der Waals surface area contributed by atoms with E-state index in [0.717, 1.165) is 18.4 Å². The maximum atomic E-state index is 14.0. The first-order valence-electron chi connectivity index (χ1n) is 7.60. The fourth-order valence-corrected chi connectivity index (χ4v) is 2.65. The van der Waals surface area contributed by atoms with Gasteiger partial charge in [-0.15, -0.1) is 10.2 Å². The predicted octanol–water partition coefficient (Wildman–Crippen LogP) is 2.38. The fraction of sp³-hybridized carbons (Fsp3) is 0.188. The fourth-order valence-electron chi connectivity index (χ4n) is 2.65. The van der Waals surface area contributed by atoms with Crippen molar-refractivity contribution in [3.8, 4) is 11.5 Å². The predicted molar refractivity (Wildman–Crippen MR) is 85.4 cm³/mol. The first-order chi connectivity index (χ1) is 11.8. The molecule has 24 heavy (non-hydrogen) atoms. The Morgan fingerprint density at radius 2 is 2.12 bits per heavy atom. The summed E-state index contributed by atoms with van der Waals surface area (Å²) in [5.41, 5.74) is 1.01. The van der Waals surface area contributed by atoms with Crippen molar-refractivity contribution in [1.82, 2.24) is 35.2 Å². The lowest BCUT2D eigenvalue weighted by atomic mass is 10.2. The van der Waals surface area contributed by atoms with Gasteiger partial charge in [0.2, 0.25) is 0 Å². The number of nitrogens with zero attached hydrogens (tertiary/aromatic N) is 6. The van der Waals surface area contributed by atoms with Crippen LogP contribution in [0.15, 0.2) is 42.7 Å². The summed E-state index contributed by atoms with van der Waals surface area (Å²) in [6.45, 7) is 0.737. The first kappa shape index (κ1) is 14.4. The number of halogens is 1. The van der Waals surface area contributed by atoms with E-state index in [2.05, 4.69) is 30.6 Å². The molecule has 4 rings (SSSR count). The van der Waals surface area contributed by atoms with E-state index < -0.39 is 0 Å². The van der Waals surface area contributed by atoms with E-state index >= 15 is 0 Å². The third-order valence-electron chi connectivity index (χ3n) is 3.80. The molecule has 7 nitrogen and oxygen atoms in total. The van der Waals surface area contributed by atoms with Crippen molar-refractivity contribution in [2.45, 2.75) is 19.4 Å².